The summed E-state index contributed by atoms with van der Waals surface area (Å²) in [5.41, 5.74) is 0.952. The first-order valence-corrected chi connectivity index (χ1v) is 6.81. The fourth-order valence-electron chi connectivity index (χ4n) is 1.91. The molecule has 21 heavy (non-hydrogen) atoms. The van der Waals surface area contributed by atoms with Crippen molar-refractivity contribution >= 4 is 23.0 Å². The van der Waals surface area contributed by atoms with Gasteiger partial charge in [0, 0.05) is 19.3 Å². The van der Waals surface area contributed by atoms with Crippen molar-refractivity contribution in [3.05, 3.63) is 52.6 Å². The van der Waals surface area contributed by atoms with Gasteiger partial charge in [0.25, 0.3) is 5.69 Å². The van der Waals surface area contributed by atoms with Crippen LogP contribution >= 0.6 is 0 Å². The third kappa shape index (κ3) is 3.68. The molecular weight excluding hydrogens is 268 g/mol. The van der Waals surface area contributed by atoms with Crippen molar-refractivity contribution in [2.75, 3.05) is 23.8 Å². The van der Waals surface area contributed by atoms with Crippen LogP contribution in [0.1, 0.15) is 13.3 Å². The quantitative estimate of drug-likeness (QED) is 0.649. The maximum atomic E-state index is 11.1. The van der Waals surface area contributed by atoms with Gasteiger partial charge in [0.1, 0.15) is 11.6 Å². The van der Waals surface area contributed by atoms with E-state index in [1.54, 1.807) is 0 Å². The first kappa shape index (κ1) is 14.8. The molecule has 0 atom stereocenters. The van der Waals surface area contributed by atoms with Crippen molar-refractivity contribution in [2.24, 2.45) is 0 Å². The van der Waals surface area contributed by atoms with Gasteiger partial charge in [-0.1, -0.05) is 25.1 Å². The predicted octanol–water partition coefficient (Wildman–Crippen LogP) is 3.58. The number of aromatic nitrogens is 1. The van der Waals surface area contributed by atoms with E-state index < -0.39 is 4.92 Å². The highest BCUT2D eigenvalue weighted by molar-refractivity contribution is 5.64. The second kappa shape index (κ2) is 6.69. The largest absolute Gasteiger partial charge is 0.370 e. The van der Waals surface area contributed by atoms with Crippen molar-refractivity contribution in [3.8, 4) is 0 Å². The van der Waals surface area contributed by atoms with Crippen molar-refractivity contribution in [1.82, 2.24) is 4.98 Å². The fraction of sp³-hybridized carbons (Fsp3) is 0.267. The van der Waals surface area contributed by atoms with Gasteiger partial charge in [-0.3, -0.25) is 10.1 Å². The van der Waals surface area contributed by atoms with E-state index in [1.807, 2.05) is 49.2 Å². The Kier molecular flexibility index (Phi) is 4.71. The highest BCUT2D eigenvalue weighted by Gasteiger charge is 2.14. The highest BCUT2D eigenvalue weighted by Crippen LogP contribution is 2.27. The van der Waals surface area contributed by atoms with Gasteiger partial charge < -0.3 is 10.2 Å². The van der Waals surface area contributed by atoms with Crippen LogP contribution in [0.5, 0.6) is 0 Å². The third-order valence-electron chi connectivity index (χ3n) is 3.05. The summed E-state index contributed by atoms with van der Waals surface area (Å²) >= 11 is 0. The molecule has 1 heterocycles. The number of benzene rings is 1. The molecule has 0 aliphatic carbocycles. The van der Waals surface area contributed by atoms with Crippen LogP contribution in [-0.2, 0) is 0 Å². The molecule has 1 aromatic carbocycles. The molecule has 0 saturated carbocycles. The summed E-state index contributed by atoms with van der Waals surface area (Å²) in [6.45, 7) is 2.75. The van der Waals surface area contributed by atoms with Crippen molar-refractivity contribution in [1.29, 1.82) is 0 Å². The molecule has 0 aliphatic heterocycles. The van der Waals surface area contributed by atoms with E-state index in [9.17, 15) is 10.1 Å². The van der Waals surface area contributed by atoms with Crippen LogP contribution in [0.15, 0.2) is 42.5 Å². The average molecular weight is 286 g/mol. The zero-order chi connectivity index (χ0) is 15.2. The SMILES string of the molecule is CCCNc1cc([N+](=O)[O-])cc(N(C)c2ccccc2)n1. The summed E-state index contributed by atoms with van der Waals surface area (Å²) in [5.74, 6) is 1.05. The molecule has 0 fully saturated rings. The van der Waals surface area contributed by atoms with Crippen LogP contribution in [0.25, 0.3) is 0 Å². The smallest absolute Gasteiger partial charge is 0.276 e. The van der Waals surface area contributed by atoms with Crippen molar-refractivity contribution in [2.45, 2.75) is 13.3 Å². The van der Waals surface area contributed by atoms with Crippen molar-refractivity contribution in [3.63, 3.8) is 0 Å². The Morgan fingerprint density at radius 3 is 2.62 bits per heavy atom. The van der Waals surface area contributed by atoms with Gasteiger partial charge in [-0.2, -0.15) is 0 Å². The van der Waals surface area contributed by atoms with Gasteiger partial charge in [-0.25, -0.2) is 4.98 Å². The van der Waals surface area contributed by atoms with Crippen LogP contribution in [0.4, 0.5) is 23.0 Å². The molecule has 6 heteroatoms. The third-order valence-corrected chi connectivity index (χ3v) is 3.05. The summed E-state index contributed by atoms with van der Waals surface area (Å²) in [4.78, 5) is 16.9. The van der Waals surface area contributed by atoms with E-state index in [2.05, 4.69) is 10.3 Å². The van der Waals surface area contributed by atoms with Crippen molar-refractivity contribution < 1.29 is 4.92 Å². The van der Waals surface area contributed by atoms with E-state index in [-0.39, 0.29) is 5.69 Å². The lowest BCUT2D eigenvalue weighted by atomic mass is 10.3. The first-order valence-electron chi connectivity index (χ1n) is 6.81. The molecule has 6 nitrogen and oxygen atoms in total. The Labute approximate surface area is 123 Å². The lowest BCUT2D eigenvalue weighted by Gasteiger charge is -2.19. The molecule has 0 radical (unpaired) electrons. The molecule has 0 aliphatic rings. The molecule has 0 bridgehead atoms. The van der Waals surface area contributed by atoms with Crippen LogP contribution in [-0.4, -0.2) is 23.5 Å². The second-order valence-corrected chi connectivity index (χ2v) is 4.65. The Balaban J connectivity index is 2.37. The zero-order valence-corrected chi connectivity index (χ0v) is 12.1. The minimum Gasteiger partial charge on any atom is -0.370 e. The number of para-hydroxylation sites is 1. The molecule has 110 valence electrons. The van der Waals surface area contributed by atoms with Crippen LogP contribution in [0, 0.1) is 10.1 Å². The number of rotatable bonds is 6. The number of nitrogens with one attached hydrogen (secondary N) is 1. The predicted molar refractivity (Wildman–Crippen MR) is 84.2 cm³/mol. The molecule has 0 unspecified atom stereocenters. The molecule has 1 N–H and O–H groups in total. The average Bonchev–Trinajstić information content (AvgIpc) is 2.52. The molecule has 0 spiro atoms. The van der Waals surface area contributed by atoms with Gasteiger partial charge in [0.15, 0.2) is 0 Å². The summed E-state index contributed by atoms with van der Waals surface area (Å²) in [7, 11) is 1.84. The number of anilines is 3. The van der Waals surface area contributed by atoms with Gasteiger partial charge in [-0.05, 0) is 18.6 Å². The minimum atomic E-state index is -0.402. The Morgan fingerprint density at radius 2 is 2.00 bits per heavy atom. The van der Waals surface area contributed by atoms with Crippen LogP contribution in [0.3, 0.4) is 0 Å². The molecule has 1 aromatic heterocycles. The fourth-order valence-corrected chi connectivity index (χ4v) is 1.91. The zero-order valence-electron chi connectivity index (χ0n) is 12.1. The lowest BCUT2D eigenvalue weighted by molar-refractivity contribution is -0.384. The number of hydrogen-bond acceptors (Lipinski definition) is 5. The minimum absolute atomic E-state index is 0.0291. The number of pyridine rings is 1. The van der Waals surface area contributed by atoms with E-state index >= 15 is 0 Å². The monoisotopic (exact) mass is 286 g/mol. The topological polar surface area (TPSA) is 71.3 Å². The van der Waals surface area contributed by atoms with Crippen LogP contribution < -0.4 is 10.2 Å². The van der Waals surface area contributed by atoms with Gasteiger partial charge in [0.2, 0.25) is 0 Å². The highest BCUT2D eigenvalue weighted by atomic mass is 16.6. The van der Waals surface area contributed by atoms with Crippen LogP contribution in [0.2, 0.25) is 0 Å². The Bertz CT molecular complexity index is 616. The lowest BCUT2D eigenvalue weighted by Crippen LogP contribution is -2.13. The molecule has 0 saturated heterocycles. The summed E-state index contributed by atoms with van der Waals surface area (Å²) < 4.78 is 0. The van der Waals surface area contributed by atoms with E-state index in [0.717, 1.165) is 18.7 Å². The van der Waals surface area contributed by atoms with E-state index in [1.165, 1.54) is 12.1 Å². The summed E-state index contributed by atoms with van der Waals surface area (Å²) in [6.07, 6.45) is 0.925. The molecule has 0 amide bonds. The second-order valence-electron chi connectivity index (χ2n) is 4.65. The van der Waals surface area contributed by atoms with Gasteiger partial charge in [-0.15, -0.1) is 0 Å². The normalized spacial score (nSPS) is 10.2. The molecule has 2 aromatic rings. The van der Waals surface area contributed by atoms with E-state index in [0.29, 0.717) is 11.6 Å². The number of nitro groups is 1. The Morgan fingerprint density at radius 1 is 1.29 bits per heavy atom. The molecular formula is C15H18N4O2. The Hall–Kier alpha value is -2.63. The van der Waals surface area contributed by atoms with E-state index in [4.69, 9.17) is 0 Å². The summed E-state index contributed by atoms with van der Waals surface area (Å²) in [6, 6.07) is 12.5. The standard InChI is InChI=1S/C15H18N4O2/c1-3-9-16-14-10-13(19(20)21)11-15(17-14)18(2)12-7-5-4-6-8-12/h4-8,10-11H,3,9H2,1-2H3,(H,16,17). The number of nitrogens with zero attached hydrogens (tertiary/aromatic N) is 3. The summed E-state index contributed by atoms with van der Waals surface area (Å²) in [5, 5.41) is 14.2. The van der Waals surface area contributed by atoms with Gasteiger partial charge in [0.05, 0.1) is 17.1 Å². The van der Waals surface area contributed by atoms with Gasteiger partial charge >= 0.3 is 0 Å². The first-order chi connectivity index (χ1) is 10.1. The maximum absolute atomic E-state index is 11.1. The molecule has 2 rings (SSSR count). The maximum Gasteiger partial charge on any atom is 0.276 e. The number of hydrogen-bond donors (Lipinski definition) is 1.